The first-order valence-electron chi connectivity index (χ1n) is 11.1. The molecule has 1 atom stereocenters. The zero-order valence-corrected chi connectivity index (χ0v) is 16.8. The van der Waals surface area contributed by atoms with Gasteiger partial charge >= 0.3 is 0 Å². The molecule has 0 aromatic carbocycles. The van der Waals surface area contributed by atoms with E-state index in [1.807, 2.05) is 6.08 Å². The van der Waals surface area contributed by atoms with E-state index >= 15 is 0 Å². The molecule has 5 aliphatic carbocycles. The molecule has 2 spiro atoms. The third-order valence-corrected chi connectivity index (χ3v) is 8.22. The second kappa shape index (κ2) is 7.05. The smallest absolute Gasteiger partial charge is 0.239 e. The van der Waals surface area contributed by atoms with Crippen LogP contribution < -0.4 is 0 Å². The molecule has 4 bridgehead atoms. The molecule has 5 nitrogen and oxygen atoms in total. The maximum absolute atomic E-state index is 11.4. The van der Waals surface area contributed by atoms with Crippen molar-refractivity contribution in [3.8, 4) is 0 Å². The Bertz CT molecular complexity index is 620. The maximum Gasteiger partial charge on any atom is 0.239 e. The highest BCUT2D eigenvalue weighted by Gasteiger charge is 2.64. The van der Waals surface area contributed by atoms with Crippen LogP contribution in [0.15, 0.2) is 24.8 Å². The lowest BCUT2D eigenvalue weighted by atomic mass is 9.53. The van der Waals surface area contributed by atoms with E-state index in [1.165, 1.54) is 38.2 Å². The minimum absolute atomic E-state index is 0.0409. The van der Waals surface area contributed by atoms with E-state index in [0.29, 0.717) is 23.7 Å². The first kappa shape index (κ1) is 19.0. The van der Waals surface area contributed by atoms with Crippen LogP contribution in [0.3, 0.4) is 0 Å². The normalized spacial score (nSPS) is 48.4. The summed E-state index contributed by atoms with van der Waals surface area (Å²) in [5, 5.41) is 0. The summed E-state index contributed by atoms with van der Waals surface area (Å²) in [7, 11) is 0. The molecule has 1 saturated heterocycles. The Morgan fingerprint density at radius 2 is 1.54 bits per heavy atom. The Morgan fingerprint density at radius 1 is 0.964 bits per heavy atom. The standard InChI is InChI=1S/C23H32O5/c1-3-21(24)5-4-15(2)18-6-8-22(9-7-18)25-27-23(28-26-22)19-11-16-10-17(13-19)14-20(23)12-16/h3-5,15-20H,1,6-14H2,2H3/b5-4-. The fourth-order valence-electron chi connectivity index (χ4n) is 6.67. The molecule has 5 saturated carbocycles. The van der Waals surface area contributed by atoms with E-state index in [0.717, 1.165) is 37.5 Å². The van der Waals surface area contributed by atoms with Gasteiger partial charge in [-0.05, 0) is 80.8 Å². The van der Waals surface area contributed by atoms with E-state index < -0.39 is 11.6 Å². The van der Waals surface area contributed by atoms with E-state index in [4.69, 9.17) is 19.6 Å². The average Bonchev–Trinajstić information content (AvgIpc) is 2.71. The zero-order chi connectivity index (χ0) is 19.4. The molecular formula is C23H32O5. The van der Waals surface area contributed by atoms with Crippen LogP contribution in [0.1, 0.15) is 64.7 Å². The summed E-state index contributed by atoms with van der Waals surface area (Å²) in [5.41, 5.74) is 0. The van der Waals surface area contributed by atoms with E-state index in [9.17, 15) is 4.79 Å². The molecule has 0 amide bonds. The van der Waals surface area contributed by atoms with Gasteiger partial charge in [0.25, 0.3) is 0 Å². The van der Waals surface area contributed by atoms with Crippen molar-refractivity contribution in [2.45, 2.75) is 76.3 Å². The molecule has 1 aliphatic heterocycles. The predicted octanol–water partition coefficient (Wildman–Crippen LogP) is 4.88. The van der Waals surface area contributed by atoms with Crippen molar-refractivity contribution in [3.63, 3.8) is 0 Å². The van der Waals surface area contributed by atoms with Crippen molar-refractivity contribution in [1.29, 1.82) is 0 Å². The van der Waals surface area contributed by atoms with Crippen LogP contribution >= 0.6 is 0 Å². The lowest BCUT2D eigenvalue weighted by molar-refractivity contribution is -0.680. The summed E-state index contributed by atoms with van der Waals surface area (Å²) in [4.78, 5) is 35.6. The van der Waals surface area contributed by atoms with Crippen molar-refractivity contribution in [2.75, 3.05) is 0 Å². The second-order valence-corrected chi connectivity index (χ2v) is 9.93. The lowest BCUT2D eigenvalue weighted by Gasteiger charge is -2.60. The molecule has 1 heterocycles. The van der Waals surface area contributed by atoms with Gasteiger partial charge in [-0.15, -0.1) is 0 Å². The molecule has 0 radical (unpaired) electrons. The highest BCUT2D eigenvalue weighted by atomic mass is 17.4. The van der Waals surface area contributed by atoms with E-state index in [1.54, 1.807) is 6.08 Å². The lowest BCUT2D eigenvalue weighted by Crippen LogP contribution is -2.64. The molecule has 0 aromatic heterocycles. The maximum atomic E-state index is 11.4. The quantitative estimate of drug-likeness (QED) is 0.507. The van der Waals surface area contributed by atoms with Crippen molar-refractivity contribution in [3.05, 3.63) is 24.8 Å². The molecule has 0 aromatic rings. The molecular weight excluding hydrogens is 356 g/mol. The third kappa shape index (κ3) is 3.11. The third-order valence-electron chi connectivity index (χ3n) is 8.22. The largest absolute Gasteiger partial charge is 0.290 e. The van der Waals surface area contributed by atoms with Gasteiger partial charge in [-0.1, -0.05) is 19.6 Å². The molecule has 0 N–H and O–H groups in total. The Kier molecular flexibility index (Phi) is 4.78. The van der Waals surface area contributed by atoms with Crippen LogP contribution in [-0.2, 0) is 24.3 Å². The number of hydrogen-bond acceptors (Lipinski definition) is 5. The fraction of sp³-hybridized carbons (Fsp3) is 0.783. The van der Waals surface area contributed by atoms with E-state index in [-0.39, 0.29) is 5.78 Å². The van der Waals surface area contributed by atoms with Gasteiger partial charge in [0.15, 0.2) is 5.78 Å². The highest BCUT2D eigenvalue weighted by molar-refractivity contribution is 5.98. The Hall–Kier alpha value is -1.01. The number of carbonyl (C=O) groups excluding carboxylic acids is 1. The predicted molar refractivity (Wildman–Crippen MR) is 102 cm³/mol. The van der Waals surface area contributed by atoms with Crippen LogP contribution in [0.5, 0.6) is 0 Å². The van der Waals surface area contributed by atoms with Crippen molar-refractivity contribution in [2.24, 2.45) is 35.5 Å². The fourth-order valence-corrected chi connectivity index (χ4v) is 6.67. The average molecular weight is 389 g/mol. The topological polar surface area (TPSA) is 54.0 Å². The molecule has 5 heteroatoms. The van der Waals surface area contributed by atoms with Crippen LogP contribution in [-0.4, -0.2) is 17.4 Å². The van der Waals surface area contributed by atoms with Gasteiger partial charge in [-0.2, -0.15) is 19.6 Å². The molecule has 1 unspecified atom stereocenters. The van der Waals surface area contributed by atoms with Crippen molar-refractivity contribution < 1.29 is 24.3 Å². The molecule has 28 heavy (non-hydrogen) atoms. The number of ketones is 1. The summed E-state index contributed by atoms with van der Waals surface area (Å²) in [6, 6.07) is 0. The van der Waals surface area contributed by atoms with Crippen LogP contribution in [0.4, 0.5) is 0 Å². The second-order valence-electron chi connectivity index (χ2n) is 9.93. The Labute approximate surface area is 167 Å². The molecule has 6 rings (SSSR count). The summed E-state index contributed by atoms with van der Waals surface area (Å²) in [6.45, 7) is 5.67. The number of hydrogen-bond donors (Lipinski definition) is 0. The Balaban J connectivity index is 1.18. The molecule has 6 aliphatic rings. The van der Waals surface area contributed by atoms with E-state index in [2.05, 4.69) is 13.5 Å². The monoisotopic (exact) mass is 388 g/mol. The van der Waals surface area contributed by atoms with Crippen molar-refractivity contribution in [1.82, 2.24) is 0 Å². The summed E-state index contributed by atoms with van der Waals surface area (Å²) >= 11 is 0. The van der Waals surface area contributed by atoms with Gasteiger partial charge in [0.05, 0.1) is 0 Å². The minimum atomic E-state index is -0.767. The summed E-state index contributed by atoms with van der Waals surface area (Å²) < 4.78 is 0. The van der Waals surface area contributed by atoms with Gasteiger partial charge < -0.3 is 0 Å². The van der Waals surface area contributed by atoms with Gasteiger partial charge in [-0.3, -0.25) is 4.79 Å². The van der Waals surface area contributed by atoms with Gasteiger partial charge in [0, 0.05) is 24.7 Å². The number of allylic oxidation sites excluding steroid dienone is 3. The summed E-state index contributed by atoms with van der Waals surface area (Å²) in [5.74, 6) is 1.86. The summed E-state index contributed by atoms with van der Waals surface area (Å²) in [6.07, 6.45) is 14.5. The first-order chi connectivity index (χ1) is 13.5. The first-order valence-corrected chi connectivity index (χ1v) is 11.1. The van der Waals surface area contributed by atoms with Gasteiger partial charge in [0.1, 0.15) is 0 Å². The highest BCUT2D eigenvalue weighted by Crippen LogP contribution is 2.62. The Morgan fingerprint density at radius 3 is 2.07 bits per heavy atom. The van der Waals surface area contributed by atoms with Gasteiger partial charge in [0.2, 0.25) is 11.6 Å². The number of rotatable bonds is 4. The number of carbonyl (C=O) groups is 1. The van der Waals surface area contributed by atoms with Gasteiger partial charge in [-0.25, -0.2) is 0 Å². The minimum Gasteiger partial charge on any atom is -0.290 e. The van der Waals surface area contributed by atoms with Crippen molar-refractivity contribution >= 4 is 5.78 Å². The zero-order valence-electron chi connectivity index (χ0n) is 16.8. The SMILES string of the molecule is C=CC(=O)/C=C\C(C)C1CCC2(CC1)OOC1(OO2)C2CC3CC(C2)CC1C3. The van der Waals surface area contributed by atoms with Crippen LogP contribution in [0.2, 0.25) is 0 Å². The molecule has 6 fully saturated rings. The van der Waals surface area contributed by atoms with Crippen LogP contribution in [0, 0.1) is 35.5 Å². The van der Waals surface area contributed by atoms with Crippen LogP contribution in [0.25, 0.3) is 0 Å². The molecule has 154 valence electrons.